The first-order valence-corrected chi connectivity index (χ1v) is 8.21. The molecule has 1 aliphatic heterocycles. The number of carbonyl (C=O) groups excluding carboxylic acids is 1. The second-order valence-corrected chi connectivity index (χ2v) is 6.06. The van der Waals surface area contributed by atoms with Crippen molar-refractivity contribution in [1.82, 2.24) is 9.99 Å². The van der Waals surface area contributed by atoms with E-state index >= 15 is 0 Å². The standard InChI is InChI=1S/C17H16BrN3O4/c1-10(22)21-17(25-16(20-21)11-5-4-6-19-9-11)12-7-13(18)15(24-3)8-14(12)23-2/h4-9,17H,1-3H3/t17-/m1/s1. The number of nitrogens with zero attached hydrogens (tertiary/aromatic N) is 3. The van der Waals surface area contributed by atoms with Gasteiger partial charge >= 0.3 is 0 Å². The Morgan fingerprint density at radius 1 is 1.28 bits per heavy atom. The number of halogens is 1. The zero-order valence-electron chi connectivity index (χ0n) is 13.9. The third-order valence-corrected chi connectivity index (χ3v) is 4.26. The van der Waals surface area contributed by atoms with Crippen LogP contribution in [-0.2, 0) is 9.53 Å². The number of aromatic nitrogens is 1. The number of methoxy groups -OCH3 is 2. The monoisotopic (exact) mass is 405 g/mol. The Bertz CT molecular complexity index is 826. The number of benzene rings is 1. The fourth-order valence-corrected chi connectivity index (χ4v) is 2.97. The van der Waals surface area contributed by atoms with Crippen molar-refractivity contribution in [3.63, 3.8) is 0 Å². The van der Waals surface area contributed by atoms with Gasteiger partial charge in [0.2, 0.25) is 18.0 Å². The summed E-state index contributed by atoms with van der Waals surface area (Å²) in [7, 11) is 3.11. The number of pyridine rings is 1. The number of hydrogen-bond donors (Lipinski definition) is 0. The van der Waals surface area contributed by atoms with Crippen molar-refractivity contribution >= 4 is 27.7 Å². The minimum absolute atomic E-state index is 0.252. The molecule has 130 valence electrons. The molecular weight excluding hydrogens is 390 g/mol. The third-order valence-electron chi connectivity index (χ3n) is 3.65. The molecule has 0 N–H and O–H groups in total. The third kappa shape index (κ3) is 3.30. The van der Waals surface area contributed by atoms with E-state index in [1.165, 1.54) is 11.9 Å². The molecule has 1 amide bonds. The Hall–Kier alpha value is -2.61. The Labute approximate surface area is 153 Å². The lowest BCUT2D eigenvalue weighted by atomic mass is 10.1. The largest absolute Gasteiger partial charge is 0.496 e. The summed E-state index contributed by atoms with van der Waals surface area (Å²) in [4.78, 5) is 16.1. The molecule has 1 aliphatic rings. The van der Waals surface area contributed by atoms with Gasteiger partial charge in [-0.15, -0.1) is 5.10 Å². The number of carbonyl (C=O) groups is 1. The maximum absolute atomic E-state index is 12.1. The molecule has 1 atom stereocenters. The quantitative estimate of drug-likeness (QED) is 0.780. The van der Waals surface area contributed by atoms with Crippen LogP contribution in [0.25, 0.3) is 0 Å². The molecule has 0 saturated heterocycles. The Morgan fingerprint density at radius 3 is 2.64 bits per heavy atom. The first-order chi connectivity index (χ1) is 12.0. The van der Waals surface area contributed by atoms with E-state index in [1.807, 2.05) is 6.07 Å². The van der Waals surface area contributed by atoms with Gasteiger partial charge in [0, 0.05) is 25.4 Å². The minimum atomic E-state index is -0.745. The normalized spacial score (nSPS) is 16.2. The summed E-state index contributed by atoms with van der Waals surface area (Å²) in [5, 5.41) is 5.58. The average molecular weight is 406 g/mol. The average Bonchev–Trinajstić information content (AvgIpc) is 3.07. The lowest BCUT2D eigenvalue weighted by molar-refractivity contribution is -0.135. The van der Waals surface area contributed by atoms with Crippen LogP contribution >= 0.6 is 15.9 Å². The zero-order valence-corrected chi connectivity index (χ0v) is 15.5. The zero-order chi connectivity index (χ0) is 18.0. The van der Waals surface area contributed by atoms with Gasteiger partial charge in [-0.25, -0.2) is 0 Å². The van der Waals surface area contributed by atoms with Crippen molar-refractivity contribution in [1.29, 1.82) is 0 Å². The second-order valence-electron chi connectivity index (χ2n) is 5.21. The molecule has 0 spiro atoms. The van der Waals surface area contributed by atoms with Crippen molar-refractivity contribution in [2.75, 3.05) is 14.2 Å². The Morgan fingerprint density at radius 2 is 2.04 bits per heavy atom. The summed E-state index contributed by atoms with van der Waals surface area (Å²) in [6.45, 7) is 1.43. The van der Waals surface area contributed by atoms with Crippen LogP contribution in [0.5, 0.6) is 11.5 Å². The van der Waals surface area contributed by atoms with Crippen LogP contribution in [0.1, 0.15) is 24.3 Å². The van der Waals surface area contributed by atoms with E-state index in [9.17, 15) is 4.79 Å². The van der Waals surface area contributed by atoms with Crippen LogP contribution in [0, 0.1) is 0 Å². The van der Waals surface area contributed by atoms with Crippen LogP contribution < -0.4 is 9.47 Å². The van der Waals surface area contributed by atoms with Gasteiger partial charge in [-0.2, -0.15) is 5.01 Å². The Kier molecular flexibility index (Phi) is 4.89. The summed E-state index contributed by atoms with van der Waals surface area (Å²) in [5.74, 6) is 1.21. The van der Waals surface area contributed by atoms with Gasteiger partial charge < -0.3 is 14.2 Å². The van der Waals surface area contributed by atoms with E-state index in [1.54, 1.807) is 44.8 Å². The molecule has 25 heavy (non-hydrogen) atoms. The lowest BCUT2D eigenvalue weighted by Gasteiger charge is -2.22. The minimum Gasteiger partial charge on any atom is -0.496 e. The van der Waals surface area contributed by atoms with Crippen LogP contribution in [-0.4, -0.2) is 36.0 Å². The molecule has 7 nitrogen and oxygen atoms in total. The summed E-state index contributed by atoms with van der Waals surface area (Å²) >= 11 is 3.45. The predicted octanol–water partition coefficient (Wildman–Crippen LogP) is 3.10. The van der Waals surface area contributed by atoms with E-state index in [0.717, 1.165) is 0 Å². The number of rotatable bonds is 4. The van der Waals surface area contributed by atoms with Gasteiger partial charge in [-0.1, -0.05) is 0 Å². The first kappa shape index (κ1) is 17.2. The number of ether oxygens (including phenoxy) is 3. The predicted molar refractivity (Wildman–Crippen MR) is 94.4 cm³/mol. The highest BCUT2D eigenvalue weighted by atomic mass is 79.9. The maximum atomic E-state index is 12.1. The molecule has 2 aromatic rings. The van der Waals surface area contributed by atoms with Gasteiger partial charge in [0.25, 0.3) is 0 Å². The molecule has 0 bridgehead atoms. The molecule has 3 rings (SSSR count). The Balaban J connectivity index is 2.03. The molecule has 0 unspecified atom stereocenters. The number of amides is 1. The van der Waals surface area contributed by atoms with E-state index < -0.39 is 6.23 Å². The second kappa shape index (κ2) is 7.10. The smallest absolute Gasteiger partial charge is 0.243 e. The highest BCUT2D eigenvalue weighted by Gasteiger charge is 2.35. The molecule has 1 aromatic heterocycles. The van der Waals surface area contributed by atoms with Crippen molar-refractivity contribution in [2.24, 2.45) is 5.10 Å². The maximum Gasteiger partial charge on any atom is 0.243 e. The van der Waals surface area contributed by atoms with E-state index in [-0.39, 0.29) is 5.91 Å². The van der Waals surface area contributed by atoms with Crippen molar-refractivity contribution in [3.05, 3.63) is 52.3 Å². The molecule has 0 fully saturated rings. The fourth-order valence-electron chi connectivity index (χ4n) is 2.45. The van der Waals surface area contributed by atoms with Gasteiger partial charge in [0.05, 0.1) is 29.8 Å². The van der Waals surface area contributed by atoms with Gasteiger partial charge in [0.1, 0.15) is 11.5 Å². The molecule has 0 saturated carbocycles. The highest BCUT2D eigenvalue weighted by Crippen LogP contribution is 2.40. The number of hydrazone groups is 1. The SMILES string of the molecule is COc1cc(OC)c([C@H]2OC(c3cccnc3)=NN2C(C)=O)cc1Br. The van der Waals surface area contributed by atoms with E-state index in [4.69, 9.17) is 14.2 Å². The molecule has 8 heteroatoms. The first-order valence-electron chi connectivity index (χ1n) is 7.42. The topological polar surface area (TPSA) is 73.2 Å². The summed E-state index contributed by atoms with van der Waals surface area (Å²) in [6.07, 6.45) is 2.54. The lowest BCUT2D eigenvalue weighted by Crippen LogP contribution is -2.25. The van der Waals surface area contributed by atoms with Crippen molar-refractivity contribution in [2.45, 2.75) is 13.2 Å². The highest BCUT2D eigenvalue weighted by molar-refractivity contribution is 9.10. The van der Waals surface area contributed by atoms with Crippen LogP contribution in [0.3, 0.4) is 0 Å². The van der Waals surface area contributed by atoms with Gasteiger partial charge in [-0.3, -0.25) is 9.78 Å². The van der Waals surface area contributed by atoms with Crippen LogP contribution in [0.15, 0.2) is 46.2 Å². The molecule has 0 aliphatic carbocycles. The van der Waals surface area contributed by atoms with Crippen molar-refractivity contribution < 1.29 is 19.0 Å². The molecule has 1 aromatic carbocycles. The van der Waals surface area contributed by atoms with Crippen LogP contribution in [0.2, 0.25) is 0 Å². The van der Waals surface area contributed by atoms with Crippen molar-refractivity contribution in [3.8, 4) is 11.5 Å². The molecule has 2 heterocycles. The summed E-state index contributed by atoms with van der Waals surface area (Å²) in [5.41, 5.74) is 1.33. The van der Waals surface area contributed by atoms with E-state index in [0.29, 0.717) is 33.0 Å². The molecular formula is C17H16BrN3O4. The fraction of sp³-hybridized carbons (Fsp3) is 0.235. The van der Waals surface area contributed by atoms with Gasteiger partial charge in [0.15, 0.2) is 0 Å². The molecule has 0 radical (unpaired) electrons. The van der Waals surface area contributed by atoms with E-state index in [2.05, 4.69) is 26.0 Å². The van der Waals surface area contributed by atoms with Gasteiger partial charge in [-0.05, 0) is 34.1 Å². The summed E-state index contributed by atoms with van der Waals surface area (Å²) < 4.78 is 17.4. The number of hydrogen-bond acceptors (Lipinski definition) is 6. The summed E-state index contributed by atoms with van der Waals surface area (Å²) in [6, 6.07) is 7.11. The van der Waals surface area contributed by atoms with Crippen LogP contribution in [0.4, 0.5) is 0 Å².